The summed E-state index contributed by atoms with van der Waals surface area (Å²) in [4.78, 5) is 1.90. The van der Waals surface area contributed by atoms with Crippen LogP contribution in [0.15, 0.2) is 36.4 Å². The smallest absolute Gasteiger partial charge is 0.267 e. The SMILES string of the molecule is Cc1cc([C@@](O)(OS(C)(=O)=O)[C@@H](C)N2CCC(O)(c3ccc(Cl)cc3)CC2)cc(C)c1O. The number of hydrogen-bond acceptors (Lipinski definition) is 7. The first-order valence-electron chi connectivity index (χ1n) is 10.4. The highest BCUT2D eigenvalue weighted by atomic mass is 35.5. The lowest BCUT2D eigenvalue weighted by Gasteiger charge is -2.45. The van der Waals surface area contributed by atoms with Crippen molar-refractivity contribution in [2.45, 2.75) is 51.0 Å². The molecule has 0 amide bonds. The van der Waals surface area contributed by atoms with Crippen LogP contribution in [0.25, 0.3) is 0 Å². The first kappa shape index (κ1) is 25.0. The van der Waals surface area contributed by atoms with Gasteiger partial charge in [-0.15, -0.1) is 0 Å². The van der Waals surface area contributed by atoms with Crippen LogP contribution < -0.4 is 0 Å². The molecule has 0 radical (unpaired) electrons. The van der Waals surface area contributed by atoms with Crippen LogP contribution in [0.4, 0.5) is 0 Å². The molecule has 1 aliphatic rings. The van der Waals surface area contributed by atoms with E-state index >= 15 is 0 Å². The molecule has 3 rings (SSSR count). The normalized spacial score (nSPS) is 20.0. The van der Waals surface area contributed by atoms with Gasteiger partial charge in [-0.25, -0.2) is 4.18 Å². The van der Waals surface area contributed by atoms with Crippen molar-refractivity contribution in [2.75, 3.05) is 19.3 Å². The number of aliphatic hydroxyl groups is 2. The van der Waals surface area contributed by atoms with Crippen molar-refractivity contribution in [1.82, 2.24) is 4.90 Å². The topological polar surface area (TPSA) is 107 Å². The fraction of sp³-hybridized carbons (Fsp3) is 0.478. The number of nitrogens with zero attached hydrogens (tertiary/aromatic N) is 1. The molecule has 0 aromatic heterocycles. The zero-order chi connectivity index (χ0) is 23.9. The number of halogens is 1. The minimum Gasteiger partial charge on any atom is -0.507 e. The summed E-state index contributed by atoms with van der Waals surface area (Å²) in [7, 11) is -4.02. The molecule has 1 fully saturated rings. The maximum Gasteiger partial charge on any atom is 0.267 e. The van der Waals surface area contributed by atoms with E-state index in [1.54, 1.807) is 45.0 Å². The largest absolute Gasteiger partial charge is 0.507 e. The van der Waals surface area contributed by atoms with Gasteiger partial charge in [0.15, 0.2) is 0 Å². The van der Waals surface area contributed by atoms with Crippen molar-refractivity contribution in [3.8, 4) is 5.75 Å². The Balaban J connectivity index is 1.89. The average molecular weight is 484 g/mol. The van der Waals surface area contributed by atoms with Crippen molar-refractivity contribution >= 4 is 21.7 Å². The predicted octanol–water partition coefficient (Wildman–Crippen LogP) is 3.16. The Morgan fingerprint density at radius 3 is 2.09 bits per heavy atom. The molecule has 1 aliphatic heterocycles. The van der Waals surface area contributed by atoms with Gasteiger partial charge in [-0.05, 0) is 74.6 Å². The van der Waals surface area contributed by atoms with Gasteiger partial charge in [0.2, 0.25) is 5.79 Å². The molecular weight excluding hydrogens is 454 g/mol. The van der Waals surface area contributed by atoms with Crippen LogP contribution in [0, 0.1) is 13.8 Å². The molecule has 0 bridgehead atoms. The number of phenolic OH excluding ortho intramolecular Hbond substituents is 1. The number of aromatic hydroxyl groups is 1. The summed E-state index contributed by atoms with van der Waals surface area (Å²) >= 11 is 5.96. The molecule has 7 nitrogen and oxygen atoms in total. The summed E-state index contributed by atoms with van der Waals surface area (Å²) in [6, 6.07) is 9.36. The van der Waals surface area contributed by atoms with E-state index in [1.165, 1.54) is 12.1 Å². The Kier molecular flexibility index (Phi) is 6.96. The number of likely N-dealkylation sites (tertiary alicyclic amines) is 1. The lowest BCUT2D eigenvalue weighted by molar-refractivity contribution is -0.195. The molecule has 2 aromatic rings. The number of rotatable bonds is 6. The van der Waals surface area contributed by atoms with E-state index in [2.05, 4.69) is 0 Å². The van der Waals surface area contributed by atoms with Crippen molar-refractivity contribution in [1.29, 1.82) is 0 Å². The fourth-order valence-electron chi connectivity index (χ4n) is 4.33. The van der Waals surface area contributed by atoms with Crippen LogP contribution in [-0.2, 0) is 25.7 Å². The van der Waals surface area contributed by atoms with Crippen molar-refractivity contribution in [3.05, 3.63) is 63.7 Å². The van der Waals surface area contributed by atoms with Crippen LogP contribution in [0.3, 0.4) is 0 Å². The lowest BCUT2D eigenvalue weighted by Crippen LogP contribution is -2.55. The molecule has 1 saturated heterocycles. The molecule has 1 heterocycles. The standard InChI is InChI=1S/C23H30ClNO6S/c1-15-13-19(14-16(2)21(15)26)23(28,31-32(4,29)30)17(3)25-11-9-22(27,10-12-25)18-5-7-20(24)8-6-18/h5-8,13-14,17,26-28H,9-12H2,1-4H3/t17-,23+/m1/s1. The number of hydrogen-bond donors (Lipinski definition) is 3. The number of piperidine rings is 1. The van der Waals surface area contributed by atoms with E-state index in [0.29, 0.717) is 42.1 Å². The zero-order valence-corrected chi connectivity index (χ0v) is 20.2. The minimum absolute atomic E-state index is 0.0779. The quantitative estimate of drug-likeness (QED) is 0.428. The first-order valence-corrected chi connectivity index (χ1v) is 12.6. The monoisotopic (exact) mass is 483 g/mol. The summed E-state index contributed by atoms with van der Waals surface area (Å²) in [6.07, 6.45) is 1.67. The number of benzene rings is 2. The first-order chi connectivity index (χ1) is 14.7. The van der Waals surface area contributed by atoms with Gasteiger partial charge in [-0.1, -0.05) is 23.7 Å². The van der Waals surface area contributed by atoms with Crippen molar-refractivity contribution in [3.63, 3.8) is 0 Å². The van der Waals surface area contributed by atoms with Crippen LogP contribution in [0.1, 0.15) is 42.0 Å². The number of phenols is 1. The number of aryl methyl sites for hydroxylation is 2. The van der Waals surface area contributed by atoms with E-state index in [1.807, 2.05) is 4.90 Å². The highest BCUT2D eigenvalue weighted by Gasteiger charge is 2.46. The van der Waals surface area contributed by atoms with Gasteiger partial charge in [0.05, 0.1) is 17.9 Å². The Morgan fingerprint density at radius 2 is 1.62 bits per heavy atom. The molecule has 32 heavy (non-hydrogen) atoms. The molecule has 176 valence electrons. The van der Waals surface area contributed by atoms with Gasteiger partial charge in [0.25, 0.3) is 10.1 Å². The highest BCUT2D eigenvalue weighted by molar-refractivity contribution is 7.86. The Morgan fingerprint density at radius 1 is 1.12 bits per heavy atom. The third-order valence-corrected chi connectivity index (χ3v) is 7.11. The Bertz CT molecular complexity index is 1060. The third kappa shape index (κ3) is 5.11. The summed E-state index contributed by atoms with van der Waals surface area (Å²) < 4.78 is 29.4. The molecule has 2 aromatic carbocycles. The van der Waals surface area contributed by atoms with Crippen LogP contribution >= 0.6 is 11.6 Å². The van der Waals surface area contributed by atoms with Gasteiger partial charge in [0, 0.05) is 23.7 Å². The Hall–Kier alpha value is -1.68. The summed E-state index contributed by atoms with van der Waals surface area (Å²) in [5.41, 5.74) is 0.961. The van der Waals surface area contributed by atoms with Crippen LogP contribution in [0.5, 0.6) is 5.75 Å². The maximum atomic E-state index is 12.1. The molecule has 0 saturated carbocycles. The van der Waals surface area contributed by atoms with Crippen molar-refractivity contribution in [2.24, 2.45) is 0 Å². The predicted molar refractivity (Wildman–Crippen MR) is 123 cm³/mol. The molecular formula is C23H30ClNO6S. The summed E-state index contributed by atoms with van der Waals surface area (Å²) in [5, 5.41) is 33.4. The van der Waals surface area contributed by atoms with E-state index < -0.39 is 27.5 Å². The highest BCUT2D eigenvalue weighted by Crippen LogP contribution is 2.39. The van der Waals surface area contributed by atoms with Crippen LogP contribution in [0.2, 0.25) is 5.02 Å². The van der Waals surface area contributed by atoms with E-state index in [9.17, 15) is 23.7 Å². The average Bonchev–Trinajstić information content (AvgIpc) is 2.70. The second kappa shape index (κ2) is 8.93. The van der Waals surface area contributed by atoms with Crippen LogP contribution in [-0.4, -0.2) is 54.0 Å². The summed E-state index contributed by atoms with van der Waals surface area (Å²) in [5.74, 6) is -2.10. The molecule has 0 spiro atoms. The van der Waals surface area contributed by atoms with E-state index in [4.69, 9.17) is 15.8 Å². The molecule has 2 atom stereocenters. The maximum absolute atomic E-state index is 12.1. The minimum atomic E-state index is -4.02. The molecule has 9 heteroatoms. The Labute approximate surface area is 194 Å². The van der Waals surface area contributed by atoms with E-state index in [0.717, 1.165) is 11.8 Å². The van der Waals surface area contributed by atoms with Gasteiger partial charge in [-0.2, -0.15) is 8.42 Å². The summed E-state index contributed by atoms with van der Waals surface area (Å²) in [6.45, 7) is 5.85. The zero-order valence-electron chi connectivity index (χ0n) is 18.7. The molecule has 3 N–H and O–H groups in total. The van der Waals surface area contributed by atoms with E-state index in [-0.39, 0.29) is 11.3 Å². The van der Waals surface area contributed by atoms with Crippen molar-refractivity contribution < 1.29 is 27.9 Å². The van der Waals surface area contributed by atoms with Gasteiger partial charge >= 0.3 is 0 Å². The van der Waals surface area contributed by atoms with Gasteiger partial charge in [0.1, 0.15) is 5.75 Å². The second-order valence-electron chi connectivity index (χ2n) is 8.69. The molecule has 0 unspecified atom stereocenters. The van der Waals surface area contributed by atoms with Gasteiger partial charge in [-0.3, -0.25) is 4.90 Å². The van der Waals surface area contributed by atoms with Gasteiger partial charge < -0.3 is 15.3 Å². The second-order valence-corrected chi connectivity index (χ2v) is 10.7. The fourth-order valence-corrected chi connectivity index (χ4v) is 5.15. The molecule has 0 aliphatic carbocycles. The lowest BCUT2D eigenvalue weighted by atomic mass is 9.83. The third-order valence-electron chi connectivity index (χ3n) is 6.30.